The molecular formula is C28H32N4O2. The number of piperazine rings is 1. The Morgan fingerprint density at radius 2 is 1.59 bits per heavy atom. The van der Waals surface area contributed by atoms with Crippen LogP contribution in [0.4, 0.5) is 5.82 Å². The summed E-state index contributed by atoms with van der Waals surface area (Å²) in [5, 5.41) is 2.96. The zero-order chi connectivity index (χ0) is 23.8. The Kier molecular flexibility index (Phi) is 7.91. The molecule has 1 saturated heterocycles. The van der Waals surface area contributed by atoms with Crippen LogP contribution in [-0.4, -0.2) is 54.4 Å². The molecule has 34 heavy (non-hydrogen) atoms. The molecule has 4 rings (SSSR count). The number of rotatable bonds is 8. The van der Waals surface area contributed by atoms with Crippen molar-refractivity contribution in [3.63, 3.8) is 0 Å². The number of carbonyl (C=O) groups excluding carboxylic acids is 2. The first-order valence-corrected chi connectivity index (χ1v) is 12.0. The Morgan fingerprint density at radius 3 is 2.21 bits per heavy atom. The van der Waals surface area contributed by atoms with Gasteiger partial charge in [0.05, 0.1) is 11.5 Å². The van der Waals surface area contributed by atoms with Gasteiger partial charge in [0.15, 0.2) is 0 Å². The van der Waals surface area contributed by atoms with Crippen LogP contribution in [0.2, 0.25) is 0 Å². The van der Waals surface area contributed by atoms with Crippen molar-refractivity contribution in [1.29, 1.82) is 0 Å². The first kappa shape index (κ1) is 23.5. The van der Waals surface area contributed by atoms with Crippen LogP contribution < -0.4 is 10.2 Å². The van der Waals surface area contributed by atoms with Gasteiger partial charge in [0, 0.05) is 38.9 Å². The zero-order valence-corrected chi connectivity index (χ0v) is 19.7. The maximum atomic E-state index is 13.1. The van der Waals surface area contributed by atoms with Crippen LogP contribution in [0, 0.1) is 0 Å². The molecule has 3 aromatic rings. The van der Waals surface area contributed by atoms with E-state index in [9.17, 15) is 9.59 Å². The Labute approximate surface area is 201 Å². The SMILES string of the molecule is CCC(C(=O)N1CCN(c2ccc(C(=O)NCCc3ccccc3)cn2)CC1)c1ccccc1. The standard InChI is InChI=1S/C28H32N4O2/c1-2-25(23-11-7-4-8-12-23)28(34)32-19-17-31(18-20-32)26-14-13-24(21-30-26)27(33)29-16-15-22-9-5-3-6-10-22/h3-14,21,25H,2,15-20H2,1H3,(H,29,33). The smallest absolute Gasteiger partial charge is 0.252 e. The molecule has 176 valence electrons. The summed E-state index contributed by atoms with van der Waals surface area (Å²) >= 11 is 0. The molecule has 0 aliphatic carbocycles. The molecule has 1 N–H and O–H groups in total. The van der Waals surface area contributed by atoms with E-state index in [-0.39, 0.29) is 17.7 Å². The maximum Gasteiger partial charge on any atom is 0.252 e. The van der Waals surface area contributed by atoms with Crippen LogP contribution in [0.5, 0.6) is 0 Å². The minimum atomic E-state index is -0.114. The Balaban J connectivity index is 1.27. The molecule has 0 bridgehead atoms. The summed E-state index contributed by atoms with van der Waals surface area (Å²) < 4.78 is 0. The maximum absolute atomic E-state index is 13.1. The van der Waals surface area contributed by atoms with E-state index >= 15 is 0 Å². The minimum absolute atomic E-state index is 0.0921. The number of nitrogens with one attached hydrogen (secondary N) is 1. The number of aromatic nitrogens is 1. The van der Waals surface area contributed by atoms with Crippen molar-refractivity contribution < 1.29 is 9.59 Å². The van der Waals surface area contributed by atoms with Gasteiger partial charge in [-0.25, -0.2) is 4.98 Å². The predicted molar refractivity (Wildman–Crippen MR) is 135 cm³/mol. The molecule has 1 atom stereocenters. The van der Waals surface area contributed by atoms with Crippen LogP contribution in [-0.2, 0) is 11.2 Å². The van der Waals surface area contributed by atoms with Crippen LogP contribution >= 0.6 is 0 Å². The predicted octanol–water partition coefficient (Wildman–Crippen LogP) is 3.90. The third kappa shape index (κ3) is 5.81. The van der Waals surface area contributed by atoms with Crippen molar-refractivity contribution in [3.8, 4) is 0 Å². The first-order valence-electron chi connectivity index (χ1n) is 12.0. The fraction of sp³-hybridized carbons (Fsp3) is 0.321. The third-order valence-electron chi connectivity index (χ3n) is 6.38. The largest absolute Gasteiger partial charge is 0.353 e. The van der Waals surface area contributed by atoms with Gasteiger partial charge in [-0.1, -0.05) is 67.6 Å². The van der Waals surface area contributed by atoms with Crippen LogP contribution in [0.1, 0.15) is 40.7 Å². The van der Waals surface area contributed by atoms with Gasteiger partial charge in [-0.15, -0.1) is 0 Å². The second kappa shape index (κ2) is 11.5. The molecule has 1 aromatic heterocycles. The summed E-state index contributed by atoms with van der Waals surface area (Å²) in [5.41, 5.74) is 2.83. The van der Waals surface area contributed by atoms with Crippen molar-refractivity contribution >= 4 is 17.6 Å². The second-order valence-corrected chi connectivity index (χ2v) is 8.58. The van der Waals surface area contributed by atoms with E-state index < -0.39 is 0 Å². The molecule has 1 fully saturated rings. The summed E-state index contributed by atoms with van der Waals surface area (Å²) in [5.74, 6) is 0.828. The molecule has 0 saturated carbocycles. The third-order valence-corrected chi connectivity index (χ3v) is 6.38. The van der Waals surface area contributed by atoms with Crippen molar-refractivity contribution in [2.24, 2.45) is 0 Å². The lowest BCUT2D eigenvalue weighted by molar-refractivity contribution is -0.133. The number of hydrogen-bond acceptors (Lipinski definition) is 4. The van der Waals surface area contributed by atoms with Crippen LogP contribution in [0.3, 0.4) is 0 Å². The van der Waals surface area contributed by atoms with E-state index in [4.69, 9.17) is 0 Å². The van der Waals surface area contributed by atoms with Gasteiger partial charge in [0.1, 0.15) is 5.82 Å². The lowest BCUT2D eigenvalue weighted by Gasteiger charge is -2.37. The van der Waals surface area contributed by atoms with E-state index in [1.165, 1.54) is 5.56 Å². The Morgan fingerprint density at radius 1 is 0.912 bits per heavy atom. The number of amides is 2. The van der Waals surface area contributed by atoms with Gasteiger partial charge in [-0.05, 0) is 36.1 Å². The molecule has 1 aliphatic rings. The monoisotopic (exact) mass is 456 g/mol. The molecule has 0 radical (unpaired) electrons. The number of pyridine rings is 1. The normalized spacial score (nSPS) is 14.5. The van der Waals surface area contributed by atoms with E-state index in [1.807, 2.05) is 65.6 Å². The van der Waals surface area contributed by atoms with Crippen molar-refractivity contribution in [1.82, 2.24) is 15.2 Å². The van der Waals surface area contributed by atoms with Gasteiger partial charge in [-0.3, -0.25) is 9.59 Å². The molecule has 2 heterocycles. The Hall–Kier alpha value is -3.67. The summed E-state index contributed by atoms with van der Waals surface area (Å²) in [6.07, 6.45) is 3.22. The number of benzene rings is 2. The molecule has 2 aromatic carbocycles. The van der Waals surface area contributed by atoms with E-state index in [0.717, 1.165) is 37.3 Å². The fourth-order valence-corrected chi connectivity index (χ4v) is 4.39. The van der Waals surface area contributed by atoms with Gasteiger partial charge >= 0.3 is 0 Å². The number of anilines is 1. The topological polar surface area (TPSA) is 65.5 Å². The van der Waals surface area contributed by atoms with E-state index in [0.29, 0.717) is 25.2 Å². The van der Waals surface area contributed by atoms with E-state index in [1.54, 1.807) is 6.20 Å². The van der Waals surface area contributed by atoms with E-state index in [2.05, 4.69) is 34.3 Å². The highest BCUT2D eigenvalue weighted by Gasteiger charge is 2.27. The number of carbonyl (C=O) groups is 2. The van der Waals surface area contributed by atoms with Crippen molar-refractivity contribution in [2.75, 3.05) is 37.6 Å². The lowest BCUT2D eigenvalue weighted by atomic mass is 9.95. The molecule has 6 nitrogen and oxygen atoms in total. The molecule has 0 spiro atoms. The van der Waals surface area contributed by atoms with Gasteiger partial charge in [0.25, 0.3) is 5.91 Å². The second-order valence-electron chi connectivity index (χ2n) is 8.58. The summed E-state index contributed by atoms with van der Waals surface area (Å²) in [6.45, 7) is 5.45. The summed E-state index contributed by atoms with van der Waals surface area (Å²) in [6, 6.07) is 23.8. The fourth-order valence-electron chi connectivity index (χ4n) is 4.39. The highest BCUT2D eigenvalue weighted by atomic mass is 16.2. The minimum Gasteiger partial charge on any atom is -0.353 e. The molecule has 1 aliphatic heterocycles. The van der Waals surface area contributed by atoms with Gasteiger partial charge in [0.2, 0.25) is 5.91 Å². The first-order chi connectivity index (χ1) is 16.7. The highest BCUT2D eigenvalue weighted by Crippen LogP contribution is 2.23. The number of nitrogens with zero attached hydrogens (tertiary/aromatic N) is 3. The van der Waals surface area contributed by atoms with Crippen molar-refractivity contribution in [2.45, 2.75) is 25.7 Å². The van der Waals surface area contributed by atoms with Crippen LogP contribution in [0.15, 0.2) is 79.0 Å². The average Bonchev–Trinajstić information content (AvgIpc) is 2.90. The summed E-state index contributed by atoms with van der Waals surface area (Å²) in [4.78, 5) is 34.2. The molecule has 6 heteroatoms. The lowest BCUT2D eigenvalue weighted by Crippen LogP contribution is -2.50. The average molecular weight is 457 g/mol. The molecule has 2 amide bonds. The number of hydrogen-bond donors (Lipinski definition) is 1. The molecule has 1 unspecified atom stereocenters. The Bertz CT molecular complexity index is 1060. The van der Waals surface area contributed by atoms with Gasteiger partial charge in [-0.2, -0.15) is 0 Å². The van der Waals surface area contributed by atoms with Crippen molar-refractivity contribution in [3.05, 3.63) is 95.7 Å². The van der Waals surface area contributed by atoms with Crippen LogP contribution in [0.25, 0.3) is 0 Å². The summed E-state index contributed by atoms with van der Waals surface area (Å²) in [7, 11) is 0. The highest BCUT2D eigenvalue weighted by molar-refractivity contribution is 5.94. The molecular weight excluding hydrogens is 424 g/mol. The zero-order valence-electron chi connectivity index (χ0n) is 19.7. The quantitative estimate of drug-likeness (QED) is 0.558. The van der Waals surface area contributed by atoms with Gasteiger partial charge < -0.3 is 15.1 Å².